The first-order valence-corrected chi connectivity index (χ1v) is 8.13. The molecule has 0 aliphatic heterocycles. The van der Waals surface area contributed by atoms with Gasteiger partial charge in [0.1, 0.15) is 0 Å². The van der Waals surface area contributed by atoms with Crippen molar-refractivity contribution in [1.29, 1.82) is 0 Å². The second-order valence-electron chi connectivity index (χ2n) is 6.11. The van der Waals surface area contributed by atoms with Gasteiger partial charge in [-0.05, 0) is 43.7 Å². The predicted molar refractivity (Wildman–Crippen MR) is 87.7 cm³/mol. The van der Waals surface area contributed by atoms with Gasteiger partial charge in [-0.15, -0.1) is 0 Å². The van der Waals surface area contributed by atoms with Crippen LogP contribution in [0.4, 0.5) is 5.95 Å². The number of hydrogen-bond donors (Lipinski definition) is 1. The van der Waals surface area contributed by atoms with Crippen molar-refractivity contribution < 1.29 is 0 Å². The quantitative estimate of drug-likeness (QED) is 0.900. The van der Waals surface area contributed by atoms with Gasteiger partial charge in [-0.2, -0.15) is 0 Å². The summed E-state index contributed by atoms with van der Waals surface area (Å²) in [6.07, 6.45) is 8.05. The first-order chi connectivity index (χ1) is 10.3. The van der Waals surface area contributed by atoms with Crippen molar-refractivity contribution in [2.75, 3.05) is 5.32 Å². The fourth-order valence-electron chi connectivity index (χ4n) is 3.16. The highest BCUT2D eigenvalue weighted by atomic mass is 15.2. The van der Waals surface area contributed by atoms with Crippen molar-refractivity contribution in [2.45, 2.75) is 58.5 Å². The molecule has 3 nitrogen and oxygen atoms in total. The molecule has 21 heavy (non-hydrogen) atoms. The lowest BCUT2D eigenvalue weighted by Crippen LogP contribution is -2.28. The lowest BCUT2D eigenvalue weighted by atomic mass is 9.88. The maximum absolute atomic E-state index is 4.67. The first-order valence-electron chi connectivity index (χ1n) is 8.13. The molecule has 1 heterocycles. The van der Waals surface area contributed by atoms with E-state index in [-0.39, 0.29) is 0 Å². The van der Waals surface area contributed by atoms with E-state index >= 15 is 0 Å². The number of hydrogen-bond acceptors (Lipinski definition) is 2. The van der Waals surface area contributed by atoms with Crippen LogP contribution in [0.5, 0.6) is 0 Å². The van der Waals surface area contributed by atoms with Gasteiger partial charge >= 0.3 is 0 Å². The van der Waals surface area contributed by atoms with Crippen LogP contribution in [0.15, 0.2) is 30.5 Å². The van der Waals surface area contributed by atoms with Crippen molar-refractivity contribution in [3.8, 4) is 0 Å². The normalized spacial score (nSPS) is 17.5. The zero-order valence-corrected chi connectivity index (χ0v) is 13.1. The Hall–Kier alpha value is -1.77. The number of rotatable bonds is 5. The van der Waals surface area contributed by atoms with E-state index in [4.69, 9.17) is 0 Å². The maximum atomic E-state index is 4.67. The number of fused-ring (bicyclic) bond motifs is 1. The highest BCUT2D eigenvalue weighted by molar-refractivity contribution is 5.36. The molecular weight excluding hydrogens is 258 g/mol. The van der Waals surface area contributed by atoms with E-state index in [1.165, 1.54) is 36.8 Å². The van der Waals surface area contributed by atoms with Gasteiger partial charge in [0.05, 0.1) is 5.69 Å². The van der Waals surface area contributed by atoms with Crippen molar-refractivity contribution >= 4 is 5.95 Å². The first kappa shape index (κ1) is 14.2. The molecule has 2 aromatic rings. The van der Waals surface area contributed by atoms with E-state index in [2.05, 4.69) is 59.2 Å². The number of anilines is 1. The third-order valence-corrected chi connectivity index (χ3v) is 4.33. The number of imidazole rings is 1. The molecule has 1 N–H and O–H groups in total. The lowest BCUT2D eigenvalue weighted by molar-refractivity contribution is 0.586. The van der Waals surface area contributed by atoms with Gasteiger partial charge in [0.2, 0.25) is 5.95 Å². The molecule has 1 aromatic heterocycles. The fraction of sp³-hybridized carbons (Fsp3) is 0.500. The van der Waals surface area contributed by atoms with Gasteiger partial charge in [0.25, 0.3) is 0 Å². The van der Waals surface area contributed by atoms with Gasteiger partial charge in [0.15, 0.2) is 0 Å². The summed E-state index contributed by atoms with van der Waals surface area (Å²) >= 11 is 0. The van der Waals surface area contributed by atoms with Crippen LogP contribution in [-0.4, -0.2) is 15.6 Å². The molecule has 0 spiro atoms. The highest BCUT2D eigenvalue weighted by Gasteiger charge is 2.19. The summed E-state index contributed by atoms with van der Waals surface area (Å²) in [7, 11) is 0. The number of unbranched alkanes of at least 4 members (excludes halogenated alkanes) is 1. The minimum atomic E-state index is 0.502. The number of aromatic nitrogens is 2. The summed E-state index contributed by atoms with van der Waals surface area (Å²) in [5, 5.41) is 3.67. The highest BCUT2D eigenvalue weighted by Crippen LogP contribution is 2.23. The Labute approximate surface area is 127 Å². The Kier molecular flexibility index (Phi) is 4.28. The minimum Gasteiger partial charge on any atom is -0.353 e. The summed E-state index contributed by atoms with van der Waals surface area (Å²) in [6, 6.07) is 9.32. The molecule has 1 aromatic carbocycles. The van der Waals surface area contributed by atoms with Crippen LogP contribution in [0, 0.1) is 6.92 Å². The monoisotopic (exact) mass is 283 g/mol. The Bertz CT molecular complexity index is 600. The van der Waals surface area contributed by atoms with Crippen molar-refractivity contribution in [3.63, 3.8) is 0 Å². The second kappa shape index (κ2) is 6.33. The second-order valence-corrected chi connectivity index (χ2v) is 6.11. The molecule has 3 rings (SSSR count). The van der Waals surface area contributed by atoms with Crippen LogP contribution in [0.3, 0.4) is 0 Å². The Morgan fingerprint density at radius 2 is 2.10 bits per heavy atom. The predicted octanol–water partition coefficient (Wildman–Crippen LogP) is 3.96. The van der Waals surface area contributed by atoms with Gasteiger partial charge in [-0.3, -0.25) is 0 Å². The van der Waals surface area contributed by atoms with Crippen LogP contribution in [-0.2, 0) is 19.4 Å². The van der Waals surface area contributed by atoms with E-state index in [1.807, 2.05) is 0 Å². The summed E-state index contributed by atoms with van der Waals surface area (Å²) in [6.45, 7) is 5.36. The van der Waals surface area contributed by atoms with E-state index in [0.717, 1.165) is 24.6 Å². The number of benzene rings is 1. The standard InChI is InChI=1S/C18H25N3/c1-3-4-11-21-13-14(2)19-18(21)20-17-10-9-15-7-5-6-8-16(15)12-17/h5-8,13,17H,3-4,9-12H2,1-2H3,(H,19,20). The maximum Gasteiger partial charge on any atom is 0.203 e. The summed E-state index contributed by atoms with van der Waals surface area (Å²) in [4.78, 5) is 4.67. The van der Waals surface area contributed by atoms with Crippen molar-refractivity contribution in [3.05, 3.63) is 47.3 Å². The topological polar surface area (TPSA) is 29.9 Å². The van der Waals surface area contributed by atoms with Crippen LogP contribution in [0.25, 0.3) is 0 Å². The molecule has 3 heteroatoms. The van der Waals surface area contributed by atoms with E-state index in [9.17, 15) is 0 Å². The molecule has 112 valence electrons. The average molecular weight is 283 g/mol. The third kappa shape index (κ3) is 3.29. The number of nitrogens with zero attached hydrogens (tertiary/aromatic N) is 2. The van der Waals surface area contributed by atoms with Crippen LogP contribution in [0.1, 0.15) is 43.0 Å². The molecule has 1 atom stereocenters. The molecule has 0 bridgehead atoms. The van der Waals surface area contributed by atoms with Crippen LogP contribution in [0.2, 0.25) is 0 Å². The SMILES string of the molecule is CCCCn1cc(C)nc1NC1CCc2ccccc2C1. The zero-order chi connectivity index (χ0) is 14.7. The Balaban J connectivity index is 1.70. The molecule has 0 radical (unpaired) electrons. The Morgan fingerprint density at radius 1 is 1.29 bits per heavy atom. The molecule has 1 aliphatic carbocycles. The number of nitrogens with one attached hydrogen (secondary N) is 1. The van der Waals surface area contributed by atoms with Gasteiger partial charge in [-0.25, -0.2) is 4.98 Å². The average Bonchev–Trinajstić information content (AvgIpc) is 2.84. The third-order valence-electron chi connectivity index (χ3n) is 4.33. The molecule has 0 saturated carbocycles. The van der Waals surface area contributed by atoms with E-state index < -0.39 is 0 Å². The van der Waals surface area contributed by atoms with Gasteiger partial charge in [0, 0.05) is 18.8 Å². The summed E-state index contributed by atoms with van der Waals surface area (Å²) in [5.41, 5.74) is 4.11. The van der Waals surface area contributed by atoms with E-state index in [1.54, 1.807) is 0 Å². The summed E-state index contributed by atoms with van der Waals surface area (Å²) in [5.74, 6) is 1.05. The summed E-state index contributed by atoms with van der Waals surface area (Å²) < 4.78 is 2.28. The zero-order valence-electron chi connectivity index (χ0n) is 13.1. The van der Waals surface area contributed by atoms with Crippen LogP contribution < -0.4 is 5.32 Å². The molecule has 0 fully saturated rings. The van der Waals surface area contributed by atoms with Gasteiger partial charge < -0.3 is 9.88 Å². The fourth-order valence-corrected chi connectivity index (χ4v) is 3.16. The van der Waals surface area contributed by atoms with Crippen molar-refractivity contribution in [1.82, 2.24) is 9.55 Å². The minimum absolute atomic E-state index is 0.502. The smallest absolute Gasteiger partial charge is 0.203 e. The molecular formula is C18H25N3. The molecule has 1 aliphatic rings. The molecule has 0 amide bonds. The largest absolute Gasteiger partial charge is 0.353 e. The van der Waals surface area contributed by atoms with E-state index in [0.29, 0.717) is 6.04 Å². The van der Waals surface area contributed by atoms with Crippen LogP contribution >= 0.6 is 0 Å². The van der Waals surface area contributed by atoms with Gasteiger partial charge in [-0.1, -0.05) is 37.6 Å². The number of aryl methyl sites for hydroxylation is 3. The van der Waals surface area contributed by atoms with Crippen molar-refractivity contribution in [2.24, 2.45) is 0 Å². The molecule has 1 unspecified atom stereocenters. The lowest BCUT2D eigenvalue weighted by Gasteiger charge is -2.26. The molecule has 0 saturated heterocycles. The Morgan fingerprint density at radius 3 is 2.90 bits per heavy atom.